The van der Waals surface area contributed by atoms with Crippen LogP contribution in [0.4, 0.5) is 18.9 Å². The molecular formula is C20H13F3N4O5S2. The summed E-state index contributed by atoms with van der Waals surface area (Å²) in [6.07, 6.45) is -2.33. The number of nitrogens with zero attached hydrogens (tertiary/aromatic N) is 3. The van der Waals surface area contributed by atoms with E-state index in [0.29, 0.717) is 5.56 Å². The van der Waals surface area contributed by atoms with Crippen molar-refractivity contribution in [2.45, 2.75) is 16.0 Å². The highest BCUT2D eigenvalue weighted by molar-refractivity contribution is 8.18. The minimum absolute atomic E-state index is 0.0624. The third-order valence-corrected chi connectivity index (χ3v) is 5.98. The molecule has 0 unspecified atom stereocenters. The molecule has 0 spiro atoms. The van der Waals surface area contributed by atoms with Crippen molar-refractivity contribution >= 4 is 52.5 Å². The number of thioether (sulfide) groups is 1. The number of benzene rings is 2. The first-order valence-electron chi connectivity index (χ1n) is 9.10. The first-order chi connectivity index (χ1) is 16.1. The third kappa shape index (κ3) is 6.45. The zero-order valence-electron chi connectivity index (χ0n) is 17.0. The molecule has 2 aromatic rings. The highest BCUT2D eigenvalue weighted by atomic mass is 32.2. The number of methoxy groups -OCH3 is 1. The van der Waals surface area contributed by atoms with Gasteiger partial charge in [-0.05, 0) is 36.0 Å². The number of amides is 1. The second-order valence-corrected chi connectivity index (χ2v) is 8.50. The van der Waals surface area contributed by atoms with Crippen LogP contribution >= 0.6 is 23.5 Å². The number of esters is 1. The van der Waals surface area contributed by atoms with E-state index in [4.69, 9.17) is 0 Å². The molecular weight excluding hydrogens is 497 g/mol. The van der Waals surface area contributed by atoms with Crippen molar-refractivity contribution < 1.29 is 32.4 Å². The molecule has 176 valence electrons. The van der Waals surface area contributed by atoms with Crippen LogP contribution in [0, 0.1) is 10.1 Å². The molecule has 0 aromatic heterocycles. The fraction of sp³-hybridized carbons (Fsp3) is 0.100. The maximum atomic E-state index is 12.9. The summed E-state index contributed by atoms with van der Waals surface area (Å²) in [5, 5.41) is 21.5. The molecule has 9 nitrogen and oxygen atoms in total. The van der Waals surface area contributed by atoms with Crippen molar-refractivity contribution in [2.24, 2.45) is 10.2 Å². The molecule has 0 radical (unpaired) electrons. The molecule has 2 aromatic carbocycles. The zero-order valence-corrected chi connectivity index (χ0v) is 18.7. The fourth-order valence-corrected chi connectivity index (χ4v) is 4.20. The van der Waals surface area contributed by atoms with Gasteiger partial charge in [0, 0.05) is 22.6 Å². The molecule has 1 aliphatic heterocycles. The first kappa shape index (κ1) is 25.0. The van der Waals surface area contributed by atoms with Gasteiger partial charge in [-0.25, -0.2) is 4.79 Å². The van der Waals surface area contributed by atoms with Crippen molar-refractivity contribution in [1.82, 2.24) is 5.32 Å². The maximum Gasteiger partial charge on any atom is 0.416 e. The Morgan fingerprint density at radius 2 is 2.03 bits per heavy atom. The van der Waals surface area contributed by atoms with Gasteiger partial charge in [0.2, 0.25) is 0 Å². The topological polar surface area (TPSA) is 123 Å². The molecule has 1 saturated heterocycles. The molecule has 1 aliphatic rings. The van der Waals surface area contributed by atoms with Crippen molar-refractivity contribution in [2.75, 3.05) is 7.11 Å². The summed E-state index contributed by atoms with van der Waals surface area (Å²) in [6.45, 7) is 0. The highest BCUT2D eigenvalue weighted by Crippen LogP contribution is 2.38. The predicted octanol–water partition coefficient (Wildman–Crippen LogP) is 4.37. The number of carbonyl (C=O) groups is 2. The normalized spacial score (nSPS) is 16.3. The largest absolute Gasteiger partial charge is 0.466 e. The highest BCUT2D eigenvalue weighted by Gasteiger charge is 2.30. The molecule has 0 aliphatic carbocycles. The summed E-state index contributed by atoms with van der Waals surface area (Å²) < 4.78 is 43.2. The number of hydrogen-bond donors (Lipinski definition) is 1. The van der Waals surface area contributed by atoms with E-state index in [-0.39, 0.29) is 25.6 Å². The summed E-state index contributed by atoms with van der Waals surface area (Å²) >= 11 is 1.68. The molecule has 1 fully saturated rings. The van der Waals surface area contributed by atoms with Gasteiger partial charge >= 0.3 is 12.1 Å². The lowest BCUT2D eigenvalue weighted by atomic mass is 10.2. The summed E-state index contributed by atoms with van der Waals surface area (Å²) in [6, 6.07) is 8.54. The molecule has 1 N–H and O–H groups in total. The van der Waals surface area contributed by atoms with E-state index in [9.17, 15) is 32.9 Å². The zero-order chi connectivity index (χ0) is 24.9. The van der Waals surface area contributed by atoms with Crippen molar-refractivity contribution in [3.05, 3.63) is 74.7 Å². The average Bonchev–Trinajstić information content (AvgIpc) is 3.12. The van der Waals surface area contributed by atoms with Gasteiger partial charge in [0.15, 0.2) is 5.17 Å². The van der Waals surface area contributed by atoms with Gasteiger partial charge in [0.05, 0.1) is 33.6 Å². The van der Waals surface area contributed by atoms with Crippen LogP contribution in [0.2, 0.25) is 0 Å². The van der Waals surface area contributed by atoms with E-state index in [0.717, 1.165) is 41.7 Å². The molecule has 0 saturated carbocycles. The van der Waals surface area contributed by atoms with Crippen LogP contribution in [0.25, 0.3) is 0 Å². The first-order valence-corrected chi connectivity index (χ1v) is 10.7. The van der Waals surface area contributed by atoms with Crippen LogP contribution in [0.5, 0.6) is 0 Å². The lowest BCUT2D eigenvalue weighted by molar-refractivity contribution is -0.387. The number of rotatable bonds is 6. The van der Waals surface area contributed by atoms with Gasteiger partial charge in [-0.2, -0.15) is 18.3 Å². The number of halogens is 3. The van der Waals surface area contributed by atoms with Gasteiger partial charge in [0.25, 0.3) is 11.6 Å². The third-order valence-electron chi connectivity index (χ3n) is 4.03. The SMILES string of the molecule is COC(=O)/C=C1/S/C(=N\N=Cc2ccc(Sc3cccc(C(F)(F)F)c3)c([N+](=O)[O-])c2)NC1=O. The lowest BCUT2D eigenvalue weighted by Crippen LogP contribution is -2.19. The molecule has 3 rings (SSSR count). The van der Waals surface area contributed by atoms with Gasteiger partial charge < -0.3 is 4.74 Å². The number of nitro groups is 1. The Balaban J connectivity index is 1.77. The van der Waals surface area contributed by atoms with Crippen molar-refractivity contribution in [1.29, 1.82) is 0 Å². The van der Waals surface area contributed by atoms with Gasteiger partial charge in [-0.1, -0.05) is 23.9 Å². The van der Waals surface area contributed by atoms with Gasteiger partial charge in [-0.3, -0.25) is 20.2 Å². The van der Waals surface area contributed by atoms with E-state index >= 15 is 0 Å². The van der Waals surface area contributed by atoms with E-state index in [1.807, 2.05) is 0 Å². The monoisotopic (exact) mass is 510 g/mol. The second kappa shape index (κ2) is 10.5. The van der Waals surface area contributed by atoms with Crippen LogP contribution in [0.15, 0.2) is 73.4 Å². The quantitative estimate of drug-likeness (QED) is 0.201. The Kier molecular flexibility index (Phi) is 7.73. The number of ether oxygens (including phenoxy) is 1. The van der Waals surface area contributed by atoms with E-state index in [1.54, 1.807) is 0 Å². The fourth-order valence-electron chi connectivity index (χ4n) is 2.50. The Labute approximate surface area is 198 Å². The lowest BCUT2D eigenvalue weighted by Gasteiger charge is -2.09. The number of nitrogens with one attached hydrogen (secondary N) is 1. The molecule has 1 amide bonds. The van der Waals surface area contributed by atoms with Gasteiger partial charge in [0.1, 0.15) is 0 Å². The summed E-state index contributed by atoms with van der Waals surface area (Å²) in [7, 11) is 1.17. The minimum atomic E-state index is -4.53. The number of nitro benzene ring substituents is 1. The average molecular weight is 510 g/mol. The number of carbonyl (C=O) groups excluding carboxylic acids is 2. The Morgan fingerprint density at radius 1 is 1.26 bits per heavy atom. The van der Waals surface area contributed by atoms with Crippen LogP contribution in [0.1, 0.15) is 11.1 Å². The number of alkyl halides is 3. The van der Waals surface area contributed by atoms with Gasteiger partial charge in [-0.15, -0.1) is 5.10 Å². The molecule has 1 heterocycles. The molecule has 0 bridgehead atoms. The maximum absolute atomic E-state index is 12.9. The van der Waals surface area contributed by atoms with E-state index in [2.05, 4.69) is 20.3 Å². The van der Waals surface area contributed by atoms with Crippen molar-refractivity contribution in [3.8, 4) is 0 Å². The van der Waals surface area contributed by atoms with Crippen LogP contribution in [-0.4, -0.2) is 35.3 Å². The molecule has 34 heavy (non-hydrogen) atoms. The number of amidine groups is 1. The summed E-state index contributed by atoms with van der Waals surface area (Å²) in [5.41, 5.74) is -0.889. The van der Waals surface area contributed by atoms with E-state index < -0.39 is 28.5 Å². The predicted molar refractivity (Wildman–Crippen MR) is 120 cm³/mol. The van der Waals surface area contributed by atoms with Crippen LogP contribution in [-0.2, 0) is 20.5 Å². The molecule has 14 heteroatoms. The summed E-state index contributed by atoms with van der Waals surface area (Å²) in [4.78, 5) is 34.3. The second-order valence-electron chi connectivity index (χ2n) is 6.35. The van der Waals surface area contributed by atoms with Crippen molar-refractivity contribution in [3.63, 3.8) is 0 Å². The van der Waals surface area contributed by atoms with Crippen LogP contribution in [0.3, 0.4) is 0 Å². The minimum Gasteiger partial charge on any atom is -0.466 e. The number of hydrogen-bond acceptors (Lipinski definition) is 9. The Bertz CT molecular complexity index is 1240. The Hall–Kier alpha value is -3.65. The smallest absolute Gasteiger partial charge is 0.416 e. The standard InChI is InChI=1S/C20H13F3N4O5S2/c1-32-17(28)9-16-18(29)25-19(34-16)26-24-10-11-5-6-15(14(7-11)27(30)31)33-13-4-2-3-12(8-13)20(21,22)23/h2-10H,1H3,(H,25,26,29)/b16-9+,24-10?. The summed E-state index contributed by atoms with van der Waals surface area (Å²) in [5.74, 6) is -1.27. The molecule has 0 atom stereocenters. The van der Waals surface area contributed by atoms with E-state index in [1.165, 1.54) is 43.7 Å². The van der Waals surface area contributed by atoms with Crippen LogP contribution < -0.4 is 5.32 Å². The Morgan fingerprint density at radius 3 is 2.71 bits per heavy atom.